The molecule has 3 rings (SSSR count). The highest BCUT2D eigenvalue weighted by Gasteiger charge is 2.26. The number of aromatic nitrogens is 3. The lowest BCUT2D eigenvalue weighted by Gasteiger charge is -2.21. The van der Waals surface area contributed by atoms with Crippen molar-refractivity contribution in [3.05, 3.63) is 33.8 Å². The van der Waals surface area contributed by atoms with E-state index in [1.54, 1.807) is 22.5 Å². The largest absolute Gasteiger partial charge is 0.348 e. The van der Waals surface area contributed by atoms with Crippen LogP contribution in [-0.2, 0) is 19.5 Å². The van der Waals surface area contributed by atoms with E-state index in [0.717, 1.165) is 18.0 Å². The highest BCUT2D eigenvalue weighted by molar-refractivity contribution is 7.80. The summed E-state index contributed by atoms with van der Waals surface area (Å²) in [7, 11) is 0. The molecular formula is C21H33N3S. The van der Waals surface area contributed by atoms with E-state index in [0.29, 0.717) is 11.8 Å². The predicted molar refractivity (Wildman–Crippen MR) is 108 cm³/mol. The van der Waals surface area contributed by atoms with Gasteiger partial charge in [0.2, 0.25) is 0 Å². The van der Waals surface area contributed by atoms with Crippen LogP contribution in [0.3, 0.4) is 0 Å². The molecule has 0 saturated heterocycles. The van der Waals surface area contributed by atoms with Gasteiger partial charge in [0.1, 0.15) is 5.03 Å². The van der Waals surface area contributed by atoms with Gasteiger partial charge in [0.15, 0.2) is 0 Å². The van der Waals surface area contributed by atoms with Crippen LogP contribution in [0.4, 0.5) is 0 Å². The Kier molecular flexibility index (Phi) is 5.38. The molecule has 3 heterocycles. The molecule has 0 saturated carbocycles. The highest BCUT2D eigenvalue weighted by Crippen LogP contribution is 2.37. The molecule has 0 fully saturated rings. The molecule has 1 aliphatic heterocycles. The van der Waals surface area contributed by atoms with Crippen molar-refractivity contribution in [1.29, 1.82) is 0 Å². The number of hydrogen-bond donors (Lipinski definition) is 1. The van der Waals surface area contributed by atoms with Gasteiger partial charge in [-0.05, 0) is 69.4 Å². The Morgan fingerprint density at radius 2 is 1.80 bits per heavy atom. The standard InChI is InChI=1S/C21H33N3S/c1-13(2)20-16(5)19(18-9-7-8-11-23(18)20)14(3)10-12-24-17(6)15(4)21(25)22-24/h13-14H,7-12H2,1-6H3,(H,22,25). The van der Waals surface area contributed by atoms with Crippen molar-refractivity contribution in [2.75, 3.05) is 0 Å². The van der Waals surface area contributed by atoms with E-state index in [4.69, 9.17) is 0 Å². The first-order chi connectivity index (χ1) is 11.8. The second kappa shape index (κ2) is 7.22. The Morgan fingerprint density at radius 3 is 2.40 bits per heavy atom. The molecule has 3 nitrogen and oxygen atoms in total. The number of fused-ring (bicyclic) bond motifs is 1. The first-order valence-corrected chi connectivity index (χ1v) is 10.2. The number of rotatable bonds is 5. The van der Waals surface area contributed by atoms with Crippen molar-refractivity contribution in [2.45, 2.75) is 97.2 Å². The van der Waals surface area contributed by atoms with E-state index in [-0.39, 0.29) is 0 Å². The van der Waals surface area contributed by atoms with Crippen LogP contribution in [0.1, 0.15) is 85.6 Å². The van der Waals surface area contributed by atoms with Crippen molar-refractivity contribution in [3.8, 4) is 0 Å². The topological polar surface area (TPSA) is 22.8 Å². The van der Waals surface area contributed by atoms with E-state index in [2.05, 4.69) is 68.5 Å². The lowest BCUT2D eigenvalue weighted by Crippen LogP contribution is -2.15. The van der Waals surface area contributed by atoms with Crippen LogP contribution in [0.25, 0.3) is 0 Å². The minimum Gasteiger partial charge on any atom is -0.348 e. The summed E-state index contributed by atoms with van der Waals surface area (Å²) < 4.78 is 4.78. The molecule has 2 aromatic heterocycles. The Labute approximate surface area is 158 Å². The number of thiol groups is 1. The van der Waals surface area contributed by atoms with Crippen LogP contribution in [0.15, 0.2) is 5.03 Å². The second-order valence-electron chi connectivity index (χ2n) is 8.08. The quantitative estimate of drug-likeness (QED) is 0.695. The third-order valence-corrected chi connectivity index (χ3v) is 6.48. The third-order valence-electron chi connectivity index (χ3n) is 6.06. The van der Waals surface area contributed by atoms with E-state index in [1.165, 1.54) is 37.1 Å². The molecule has 2 aromatic rings. The highest BCUT2D eigenvalue weighted by atomic mass is 32.1. The van der Waals surface area contributed by atoms with E-state index >= 15 is 0 Å². The predicted octanol–water partition coefficient (Wildman–Crippen LogP) is 5.55. The minimum atomic E-state index is 0.569. The summed E-state index contributed by atoms with van der Waals surface area (Å²) in [5.74, 6) is 1.17. The zero-order valence-electron chi connectivity index (χ0n) is 16.7. The zero-order chi connectivity index (χ0) is 18.3. The average Bonchev–Trinajstić information content (AvgIpc) is 3.00. The van der Waals surface area contributed by atoms with Gasteiger partial charge in [-0.2, -0.15) is 5.10 Å². The molecule has 0 spiro atoms. The van der Waals surface area contributed by atoms with Crippen molar-refractivity contribution >= 4 is 12.6 Å². The fourth-order valence-corrected chi connectivity index (χ4v) is 4.90. The molecule has 0 amide bonds. The number of hydrogen-bond acceptors (Lipinski definition) is 2. The first-order valence-electron chi connectivity index (χ1n) is 9.77. The normalized spacial score (nSPS) is 15.7. The van der Waals surface area contributed by atoms with E-state index in [1.807, 2.05) is 0 Å². The van der Waals surface area contributed by atoms with Gasteiger partial charge in [-0.25, -0.2) is 0 Å². The van der Waals surface area contributed by atoms with Crippen molar-refractivity contribution in [2.24, 2.45) is 0 Å². The van der Waals surface area contributed by atoms with Gasteiger partial charge in [-0.1, -0.05) is 20.8 Å². The zero-order valence-corrected chi connectivity index (χ0v) is 17.6. The maximum atomic E-state index is 4.59. The van der Waals surface area contributed by atoms with Crippen molar-refractivity contribution < 1.29 is 0 Å². The summed E-state index contributed by atoms with van der Waals surface area (Å²) in [5, 5.41) is 5.46. The van der Waals surface area contributed by atoms with Gasteiger partial charge in [0.05, 0.1) is 0 Å². The van der Waals surface area contributed by atoms with Crippen molar-refractivity contribution in [1.82, 2.24) is 14.3 Å². The molecule has 138 valence electrons. The summed E-state index contributed by atoms with van der Waals surface area (Å²) >= 11 is 4.47. The maximum Gasteiger partial charge on any atom is 0.118 e. The van der Waals surface area contributed by atoms with Crippen LogP contribution in [-0.4, -0.2) is 14.3 Å². The van der Waals surface area contributed by atoms with Crippen LogP contribution in [0.5, 0.6) is 0 Å². The van der Waals surface area contributed by atoms with Crippen LogP contribution in [0, 0.1) is 20.8 Å². The Morgan fingerprint density at radius 1 is 1.08 bits per heavy atom. The molecular weight excluding hydrogens is 326 g/mol. The Bertz CT molecular complexity index is 767. The molecule has 0 N–H and O–H groups in total. The summed E-state index contributed by atoms with van der Waals surface area (Å²) in [4.78, 5) is 0. The average molecular weight is 360 g/mol. The maximum absolute atomic E-state index is 4.59. The van der Waals surface area contributed by atoms with Gasteiger partial charge in [0.25, 0.3) is 0 Å². The van der Waals surface area contributed by atoms with Gasteiger partial charge in [-0.3, -0.25) is 4.68 Å². The van der Waals surface area contributed by atoms with Crippen LogP contribution >= 0.6 is 12.6 Å². The number of aryl methyl sites for hydroxylation is 1. The van der Waals surface area contributed by atoms with Gasteiger partial charge in [-0.15, -0.1) is 12.6 Å². The fraction of sp³-hybridized carbons (Fsp3) is 0.667. The SMILES string of the molecule is Cc1c(S)nn(CCC(C)c2c(C)c(C(C)C)n3c2CCCC3)c1C. The van der Waals surface area contributed by atoms with Gasteiger partial charge in [0, 0.05) is 35.7 Å². The smallest absolute Gasteiger partial charge is 0.118 e. The van der Waals surface area contributed by atoms with Crippen LogP contribution < -0.4 is 0 Å². The molecule has 0 bridgehead atoms. The molecule has 0 radical (unpaired) electrons. The van der Waals surface area contributed by atoms with E-state index in [9.17, 15) is 0 Å². The molecule has 25 heavy (non-hydrogen) atoms. The summed E-state index contributed by atoms with van der Waals surface area (Å²) in [5.41, 5.74) is 8.80. The third kappa shape index (κ3) is 3.30. The monoisotopic (exact) mass is 359 g/mol. The lowest BCUT2D eigenvalue weighted by atomic mass is 9.91. The lowest BCUT2D eigenvalue weighted by molar-refractivity contribution is 0.491. The summed E-state index contributed by atoms with van der Waals surface area (Å²) in [6, 6.07) is 0. The Balaban J connectivity index is 1.87. The fourth-order valence-electron chi connectivity index (χ4n) is 4.63. The van der Waals surface area contributed by atoms with Gasteiger partial charge < -0.3 is 4.57 Å². The minimum absolute atomic E-state index is 0.569. The van der Waals surface area contributed by atoms with E-state index < -0.39 is 0 Å². The van der Waals surface area contributed by atoms with Gasteiger partial charge >= 0.3 is 0 Å². The summed E-state index contributed by atoms with van der Waals surface area (Å²) in [6.07, 6.45) is 5.03. The molecule has 0 aliphatic carbocycles. The first kappa shape index (κ1) is 18.6. The molecule has 1 unspecified atom stereocenters. The van der Waals surface area contributed by atoms with Crippen molar-refractivity contribution in [3.63, 3.8) is 0 Å². The molecule has 1 aliphatic rings. The molecule has 4 heteroatoms. The molecule has 0 aromatic carbocycles. The second-order valence-corrected chi connectivity index (χ2v) is 8.50. The number of nitrogens with zero attached hydrogens (tertiary/aromatic N) is 3. The summed E-state index contributed by atoms with van der Waals surface area (Å²) in [6.45, 7) is 15.8. The van der Waals surface area contributed by atoms with Crippen LogP contribution in [0.2, 0.25) is 0 Å². The Hall–Kier alpha value is -1.16. The molecule has 1 atom stereocenters.